The van der Waals surface area contributed by atoms with E-state index in [1.807, 2.05) is 11.3 Å². The monoisotopic (exact) mass is 316 g/mol. The molecule has 1 aliphatic heterocycles. The molecule has 2 heterocycles. The summed E-state index contributed by atoms with van der Waals surface area (Å²) in [6.45, 7) is 4.60. The summed E-state index contributed by atoms with van der Waals surface area (Å²) < 4.78 is 1.21. The van der Waals surface area contributed by atoms with Gasteiger partial charge in [-0.15, -0.1) is 11.3 Å². The smallest absolute Gasteiger partial charge is 0.0702 e. The minimum atomic E-state index is 0.287. The first kappa shape index (κ1) is 13.5. The lowest BCUT2D eigenvalue weighted by atomic mass is 10.0. The van der Waals surface area contributed by atoms with Gasteiger partial charge in [-0.1, -0.05) is 13.3 Å². The quantitative estimate of drug-likeness (QED) is 0.919. The van der Waals surface area contributed by atoms with E-state index in [4.69, 9.17) is 5.73 Å². The molecule has 2 nitrogen and oxygen atoms in total. The lowest BCUT2D eigenvalue weighted by Gasteiger charge is -2.32. The third kappa shape index (κ3) is 3.31. The van der Waals surface area contributed by atoms with Crippen LogP contribution in [0, 0.1) is 0 Å². The second-order valence-corrected chi connectivity index (χ2v) is 7.28. The van der Waals surface area contributed by atoms with Crippen molar-refractivity contribution in [1.82, 2.24) is 4.90 Å². The number of rotatable bonds is 3. The molecule has 0 aliphatic carbocycles. The van der Waals surface area contributed by atoms with Crippen LogP contribution < -0.4 is 5.73 Å². The van der Waals surface area contributed by atoms with Crippen LogP contribution in [-0.4, -0.2) is 24.0 Å². The van der Waals surface area contributed by atoms with Gasteiger partial charge in [0.15, 0.2) is 0 Å². The number of likely N-dealkylation sites (tertiary alicyclic amines) is 1. The molecule has 0 radical (unpaired) electrons. The zero-order valence-corrected chi connectivity index (χ0v) is 12.8. The van der Waals surface area contributed by atoms with E-state index in [-0.39, 0.29) is 6.04 Å². The zero-order chi connectivity index (χ0) is 12.3. The summed E-state index contributed by atoms with van der Waals surface area (Å²) in [5, 5.41) is 0. The van der Waals surface area contributed by atoms with Crippen molar-refractivity contribution < 1.29 is 0 Å². The van der Waals surface area contributed by atoms with Gasteiger partial charge >= 0.3 is 0 Å². The highest BCUT2D eigenvalue weighted by Crippen LogP contribution is 2.35. The van der Waals surface area contributed by atoms with Crippen molar-refractivity contribution in [1.29, 1.82) is 0 Å². The maximum atomic E-state index is 6.39. The Balaban J connectivity index is 2.22. The fourth-order valence-electron chi connectivity index (χ4n) is 2.68. The number of nitrogens with zero attached hydrogens (tertiary/aromatic N) is 1. The predicted octanol–water partition coefficient (Wildman–Crippen LogP) is 3.77. The molecule has 1 aliphatic rings. The van der Waals surface area contributed by atoms with E-state index < -0.39 is 0 Å². The van der Waals surface area contributed by atoms with Gasteiger partial charge in [-0.25, -0.2) is 0 Å². The molecular formula is C13H21BrN2S. The average Bonchev–Trinajstić information content (AvgIpc) is 2.62. The normalized spacial score (nSPS) is 27.0. The third-order valence-corrected chi connectivity index (χ3v) is 5.12. The molecule has 4 heteroatoms. The van der Waals surface area contributed by atoms with Crippen LogP contribution in [0.25, 0.3) is 0 Å². The molecule has 17 heavy (non-hydrogen) atoms. The van der Waals surface area contributed by atoms with Crippen molar-refractivity contribution in [2.24, 2.45) is 5.73 Å². The summed E-state index contributed by atoms with van der Waals surface area (Å²) in [7, 11) is 0. The largest absolute Gasteiger partial charge is 0.326 e. The molecule has 1 aromatic rings. The molecule has 2 unspecified atom stereocenters. The molecule has 0 spiro atoms. The third-order valence-electron chi connectivity index (χ3n) is 3.43. The van der Waals surface area contributed by atoms with Crippen molar-refractivity contribution in [3.63, 3.8) is 0 Å². The van der Waals surface area contributed by atoms with Gasteiger partial charge in [0.25, 0.3) is 0 Å². The molecule has 0 amide bonds. The highest BCUT2D eigenvalue weighted by atomic mass is 79.9. The van der Waals surface area contributed by atoms with E-state index in [0.29, 0.717) is 6.04 Å². The van der Waals surface area contributed by atoms with Gasteiger partial charge in [0, 0.05) is 10.9 Å². The SMILES string of the molecule is CCCN1CCCCC(N)C1c1ccc(Br)s1. The standard InChI is InChI=1S/C13H21BrN2S/c1-2-8-16-9-4-3-5-10(15)13(16)11-6-7-12(14)17-11/h6-7,10,13H,2-5,8-9,15H2,1H3. The Labute approximate surface area is 116 Å². The van der Waals surface area contributed by atoms with E-state index in [1.165, 1.54) is 34.5 Å². The predicted molar refractivity (Wildman–Crippen MR) is 78.5 cm³/mol. The Hall–Kier alpha value is 0.1000. The van der Waals surface area contributed by atoms with Crippen molar-refractivity contribution >= 4 is 27.3 Å². The molecule has 0 aromatic carbocycles. The van der Waals surface area contributed by atoms with Crippen LogP contribution in [0.4, 0.5) is 0 Å². The van der Waals surface area contributed by atoms with Gasteiger partial charge in [-0.2, -0.15) is 0 Å². The van der Waals surface area contributed by atoms with Gasteiger partial charge in [-0.05, 0) is 60.4 Å². The van der Waals surface area contributed by atoms with Crippen molar-refractivity contribution in [2.75, 3.05) is 13.1 Å². The molecule has 1 fully saturated rings. The van der Waals surface area contributed by atoms with Crippen LogP contribution in [0.15, 0.2) is 15.9 Å². The van der Waals surface area contributed by atoms with E-state index in [1.54, 1.807) is 0 Å². The number of hydrogen-bond acceptors (Lipinski definition) is 3. The molecule has 1 aromatic heterocycles. The molecular weight excluding hydrogens is 296 g/mol. The summed E-state index contributed by atoms with van der Waals surface area (Å²) >= 11 is 5.39. The Bertz CT molecular complexity index is 353. The summed E-state index contributed by atoms with van der Waals surface area (Å²) in [6, 6.07) is 5.08. The average molecular weight is 317 g/mol. The van der Waals surface area contributed by atoms with Gasteiger partial charge in [0.1, 0.15) is 0 Å². The first-order valence-corrected chi connectivity index (χ1v) is 8.08. The highest BCUT2D eigenvalue weighted by molar-refractivity contribution is 9.11. The van der Waals surface area contributed by atoms with Crippen molar-refractivity contribution in [3.8, 4) is 0 Å². The van der Waals surface area contributed by atoms with E-state index in [2.05, 4.69) is 39.9 Å². The molecule has 2 rings (SSSR count). The highest BCUT2D eigenvalue weighted by Gasteiger charge is 2.29. The molecule has 0 bridgehead atoms. The zero-order valence-electron chi connectivity index (χ0n) is 10.4. The number of hydrogen-bond donors (Lipinski definition) is 1. The Morgan fingerprint density at radius 3 is 2.94 bits per heavy atom. The maximum absolute atomic E-state index is 6.39. The first-order chi connectivity index (χ1) is 8.22. The van der Waals surface area contributed by atoms with Crippen LogP contribution >= 0.6 is 27.3 Å². The van der Waals surface area contributed by atoms with E-state index in [0.717, 1.165) is 13.0 Å². The van der Waals surface area contributed by atoms with Crippen LogP contribution in [0.5, 0.6) is 0 Å². The Morgan fingerprint density at radius 2 is 2.29 bits per heavy atom. The van der Waals surface area contributed by atoms with Gasteiger partial charge < -0.3 is 5.73 Å². The second kappa shape index (κ2) is 6.32. The lowest BCUT2D eigenvalue weighted by Crippen LogP contribution is -2.39. The summed E-state index contributed by atoms with van der Waals surface area (Å²) in [4.78, 5) is 4.00. The number of thiophene rings is 1. The molecule has 1 saturated heterocycles. The first-order valence-electron chi connectivity index (χ1n) is 6.47. The molecule has 0 saturated carbocycles. The minimum absolute atomic E-state index is 0.287. The molecule has 2 N–H and O–H groups in total. The number of nitrogens with two attached hydrogens (primary N) is 1. The lowest BCUT2D eigenvalue weighted by molar-refractivity contribution is 0.189. The second-order valence-electron chi connectivity index (χ2n) is 4.78. The Morgan fingerprint density at radius 1 is 1.47 bits per heavy atom. The van der Waals surface area contributed by atoms with Crippen LogP contribution in [0.1, 0.15) is 43.5 Å². The van der Waals surface area contributed by atoms with Crippen molar-refractivity contribution in [2.45, 2.75) is 44.7 Å². The van der Waals surface area contributed by atoms with Crippen molar-refractivity contribution in [3.05, 3.63) is 20.8 Å². The van der Waals surface area contributed by atoms with Crippen LogP contribution in [-0.2, 0) is 0 Å². The number of halogens is 1. The minimum Gasteiger partial charge on any atom is -0.326 e. The van der Waals surface area contributed by atoms with E-state index >= 15 is 0 Å². The summed E-state index contributed by atoms with van der Waals surface area (Å²) in [5.74, 6) is 0. The maximum Gasteiger partial charge on any atom is 0.0702 e. The molecule has 96 valence electrons. The fourth-order valence-corrected chi connectivity index (χ4v) is 4.31. The van der Waals surface area contributed by atoms with E-state index in [9.17, 15) is 0 Å². The summed E-state index contributed by atoms with van der Waals surface area (Å²) in [6.07, 6.45) is 4.91. The van der Waals surface area contributed by atoms with Gasteiger partial charge in [0.2, 0.25) is 0 Å². The topological polar surface area (TPSA) is 29.3 Å². The van der Waals surface area contributed by atoms with Gasteiger partial charge in [-0.3, -0.25) is 4.90 Å². The van der Waals surface area contributed by atoms with Crippen LogP contribution in [0.3, 0.4) is 0 Å². The fraction of sp³-hybridized carbons (Fsp3) is 0.692. The van der Waals surface area contributed by atoms with Gasteiger partial charge in [0.05, 0.1) is 9.83 Å². The Kier molecular flexibility index (Phi) is 5.03. The summed E-state index contributed by atoms with van der Waals surface area (Å²) in [5.41, 5.74) is 6.39. The van der Waals surface area contributed by atoms with Crippen LogP contribution in [0.2, 0.25) is 0 Å². The molecule has 2 atom stereocenters.